The van der Waals surface area contributed by atoms with Gasteiger partial charge >= 0.3 is 0 Å². The zero-order chi connectivity index (χ0) is 18.4. The molecule has 0 fully saturated rings. The zero-order valence-electron chi connectivity index (χ0n) is 15.0. The molecule has 1 aromatic carbocycles. The molecule has 1 aromatic heterocycles. The minimum atomic E-state index is -0.312. The van der Waals surface area contributed by atoms with Crippen LogP contribution in [0.15, 0.2) is 29.5 Å². The van der Waals surface area contributed by atoms with Gasteiger partial charge in [-0.15, -0.1) is 0 Å². The summed E-state index contributed by atoms with van der Waals surface area (Å²) < 4.78 is 1.68. The fourth-order valence-electron chi connectivity index (χ4n) is 2.37. The number of carbonyl (C=O) groups is 2. The summed E-state index contributed by atoms with van der Waals surface area (Å²) in [7, 11) is 1.82. The average Bonchev–Trinajstić information content (AvgIpc) is 2.86. The van der Waals surface area contributed by atoms with Gasteiger partial charge in [-0.1, -0.05) is 17.7 Å². The van der Waals surface area contributed by atoms with Crippen molar-refractivity contribution in [1.29, 1.82) is 0 Å². The number of carbonyl (C=O) groups excluding carboxylic acids is 2. The van der Waals surface area contributed by atoms with E-state index in [2.05, 4.69) is 20.9 Å². The quantitative estimate of drug-likeness (QED) is 0.624. The van der Waals surface area contributed by atoms with Crippen molar-refractivity contribution in [2.45, 2.75) is 33.6 Å². The maximum absolute atomic E-state index is 12.0. The SMILES string of the molecule is Cc1ccc(NC(=O)CCC(=O)N/N=C\c2cn(C)nc2C)c(C)c1. The van der Waals surface area contributed by atoms with E-state index in [4.69, 9.17) is 0 Å². The molecule has 0 aliphatic carbocycles. The van der Waals surface area contributed by atoms with Gasteiger partial charge in [0.2, 0.25) is 11.8 Å². The van der Waals surface area contributed by atoms with Gasteiger partial charge in [0.05, 0.1) is 11.9 Å². The Balaban J connectivity index is 1.77. The predicted octanol–water partition coefficient (Wildman–Crippen LogP) is 2.21. The third-order valence-electron chi connectivity index (χ3n) is 3.68. The highest BCUT2D eigenvalue weighted by atomic mass is 16.2. The molecule has 0 aliphatic heterocycles. The Morgan fingerprint density at radius 1 is 1.20 bits per heavy atom. The van der Waals surface area contributed by atoms with Crippen LogP contribution in [-0.4, -0.2) is 27.8 Å². The van der Waals surface area contributed by atoms with Crippen LogP contribution in [0.5, 0.6) is 0 Å². The molecule has 0 saturated heterocycles. The van der Waals surface area contributed by atoms with Crippen LogP contribution in [-0.2, 0) is 16.6 Å². The summed E-state index contributed by atoms with van der Waals surface area (Å²) in [6, 6.07) is 5.80. The number of hydrogen-bond acceptors (Lipinski definition) is 4. The molecular formula is C18H23N5O2. The van der Waals surface area contributed by atoms with E-state index in [9.17, 15) is 9.59 Å². The Morgan fingerprint density at radius 2 is 1.92 bits per heavy atom. The van der Waals surface area contributed by atoms with Crippen molar-refractivity contribution in [2.75, 3.05) is 5.32 Å². The van der Waals surface area contributed by atoms with E-state index >= 15 is 0 Å². The van der Waals surface area contributed by atoms with Gasteiger partial charge in [0.1, 0.15) is 0 Å². The van der Waals surface area contributed by atoms with E-state index in [1.165, 1.54) is 6.21 Å². The third-order valence-corrected chi connectivity index (χ3v) is 3.68. The van der Waals surface area contributed by atoms with E-state index in [-0.39, 0.29) is 24.7 Å². The van der Waals surface area contributed by atoms with Gasteiger partial charge < -0.3 is 5.32 Å². The monoisotopic (exact) mass is 341 g/mol. The number of hydrazone groups is 1. The minimum Gasteiger partial charge on any atom is -0.326 e. The molecule has 2 amide bonds. The summed E-state index contributed by atoms with van der Waals surface area (Å²) in [5.41, 5.74) is 6.97. The van der Waals surface area contributed by atoms with Crippen LogP contribution in [0.1, 0.15) is 35.2 Å². The molecule has 0 atom stereocenters. The molecule has 25 heavy (non-hydrogen) atoms. The van der Waals surface area contributed by atoms with E-state index in [0.29, 0.717) is 0 Å². The van der Waals surface area contributed by atoms with Gasteiger partial charge in [0.15, 0.2) is 0 Å². The maximum Gasteiger partial charge on any atom is 0.240 e. The number of benzene rings is 1. The first kappa shape index (κ1) is 18.4. The fourth-order valence-corrected chi connectivity index (χ4v) is 2.37. The normalized spacial score (nSPS) is 10.9. The Morgan fingerprint density at radius 3 is 2.56 bits per heavy atom. The lowest BCUT2D eigenvalue weighted by Gasteiger charge is -2.08. The Labute approximate surface area is 147 Å². The lowest BCUT2D eigenvalue weighted by atomic mass is 10.1. The second-order valence-electron chi connectivity index (χ2n) is 6.00. The molecule has 0 aliphatic rings. The molecule has 1 heterocycles. The van der Waals surface area contributed by atoms with Gasteiger partial charge in [-0.2, -0.15) is 10.2 Å². The number of aryl methyl sites for hydroxylation is 4. The number of nitrogens with zero attached hydrogens (tertiary/aromatic N) is 3. The molecule has 0 spiro atoms. The molecule has 0 unspecified atom stereocenters. The number of rotatable bonds is 6. The van der Waals surface area contributed by atoms with Gasteiger partial charge in [-0.25, -0.2) is 5.43 Å². The van der Waals surface area contributed by atoms with E-state index < -0.39 is 0 Å². The lowest BCUT2D eigenvalue weighted by Crippen LogP contribution is -2.20. The van der Waals surface area contributed by atoms with E-state index in [1.54, 1.807) is 4.68 Å². The number of hydrogen-bond donors (Lipinski definition) is 2. The lowest BCUT2D eigenvalue weighted by molar-refractivity contribution is -0.124. The largest absolute Gasteiger partial charge is 0.326 e. The Bertz CT molecular complexity index is 808. The van der Waals surface area contributed by atoms with Crippen molar-refractivity contribution >= 4 is 23.7 Å². The molecule has 0 saturated carbocycles. The summed E-state index contributed by atoms with van der Waals surface area (Å²) in [6.07, 6.45) is 3.51. The highest BCUT2D eigenvalue weighted by Gasteiger charge is 2.08. The molecular weight excluding hydrogens is 318 g/mol. The van der Waals surface area contributed by atoms with Crippen molar-refractivity contribution in [2.24, 2.45) is 12.1 Å². The van der Waals surface area contributed by atoms with E-state index in [0.717, 1.165) is 28.1 Å². The van der Waals surface area contributed by atoms with Crippen LogP contribution >= 0.6 is 0 Å². The van der Waals surface area contributed by atoms with Crippen LogP contribution in [0.25, 0.3) is 0 Å². The van der Waals surface area contributed by atoms with Crippen molar-refractivity contribution in [3.8, 4) is 0 Å². The van der Waals surface area contributed by atoms with Gasteiger partial charge in [-0.05, 0) is 32.4 Å². The number of anilines is 1. The number of nitrogens with one attached hydrogen (secondary N) is 2. The van der Waals surface area contributed by atoms with Gasteiger partial charge in [0.25, 0.3) is 0 Å². The van der Waals surface area contributed by atoms with Crippen molar-refractivity contribution in [3.63, 3.8) is 0 Å². The zero-order valence-corrected chi connectivity index (χ0v) is 15.0. The average molecular weight is 341 g/mol. The van der Waals surface area contributed by atoms with Crippen LogP contribution in [0.2, 0.25) is 0 Å². The first-order valence-corrected chi connectivity index (χ1v) is 8.04. The minimum absolute atomic E-state index is 0.0695. The summed E-state index contributed by atoms with van der Waals surface area (Å²) in [5.74, 6) is -0.511. The van der Waals surface area contributed by atoms with Crippen molar-refractivity contribution < 1.29 is 9.59 Å². The molecule has 2 N–H and O–H groups in total. The molecule has 0 bridgehead atoms. The molecule has 7 heteroatoms. The van der Waals surface area contributed by atoms with Crippen LogP contribution in [0, 0.1) is 20.8 Å². The maximum atomic E-state index is 12.0. The first-order valence-electron chi connectivity index (χ1n) is 8.04. The standard InChI is InChI=1S/C18H23N5O2/c1-12-5-6-16(13(2)9-12)20-17(24)7-8-18(25)21-19-10-15-11-23(4)22-14(15)3/h5-6,9-11H,7-8H2,1-4H3,(H,20,24)(H,21,25)/b19-10-. The Hall–Kier alpha value is -2.96. The van der Waals surface area contributed by atoms with Crippen LogP contribution in [0.4, 0.5) is 5.69 Å². The van der Waals surface area contributed by atoms with Crippen LogP contribution < -0.4 is 10.7 Å². The molecule has 0 radical (unpaired) electrons. The van der Waals surface area contributed by atoms with Gasteiger partial charge in [0, 0.05) is 37.3 Å². The second-order valence-corrected chi connectivity index (χ2v) is 6.00. The summed E-state index contributed by atoms with van der Waals surface area (Å²) in [5, 5.41) is 10.9. The predicted molar refractivity (Wildman–Crippen MR) is 97.5 cm³/mol. The smallest absolute Gasteiger partial charge is 0.240 e. The Kier molecular flexibility index (Phi) is 6.05. The number of amides is 2. The topological polar surface area (TPSA) is 88.4 Å². The first-order chi connectivity index (χ1) is 11.8. The highest BCUT2D eigenvalue weighted by Crippen LogP contribution is 2.16. The summed E-state index contributed by atoms with van der Waals surface area (Å²) in [4.78, 5) is 23.7. The highest BCUT2D eigenvalue weighted by molar-refractivity contribution is 5.94. The third kappa shape index (κ3) is 5.56. The second kappa shape index (κ2) is 8.23. The molecule has 132 valence electrons. The summed E-state index contributed by atoms with van der Waals surface area (Å²) >= 11 is 0. The van der Waals surface area contributed by atoms with Crippen LogP contribution in [0.3, 0.4) is 0 Å². The molecule has 7 nitrogen and oxygen atoms in total. The molecule has 2 rings (SSSR count). The van der Waals surface area contributed by atoms with E-state index in [1.807, 2.05) is 52.2 Å². The van der Waals surface area contributed by atoms with Gasteiger partial charge in [-0.3, -0.25) is 14.3 Å². The summed E-state index contributed by atoms with van der Waals surface area (Å²) in [6.45, 7) is 5.79. The fraction of sp³-hybridized carbons (Fsp3) is 0.333. The van der Waals surface area contributed by atoms with Crippen molar-refractivity contribution in [3.05, 3.63) is 46.8 Å². The number of aromatic nitrogens is 2. The molecule has 2 aromatic rings. The van der Waals surface area contributed by atoms with Crippen molar-refractivity contribution in [1.82, 2.24) is 15.2 Å².